The van der Waals surface area contributed by atoms with E-state index >= 15 is 0 Å². The van der Waals surface area contributed by atoms with Crippen molar-refractivity contribution in [1.82, 2.24) is 14.9 Å². The summed E-state index contributed by atoms with van der Waals surface area (Å²) in [4.78, 5) is 5.05. The number of benzene rings is 1. The fraction of sp³-hybridized carbons (Fsp3) is 0.143. The molecule has 0 atom stereocenters. The largest absolute Gasteiger partial charge is 0.337 e. The normalized spacial score (nSPS) is 11.7. The highest BCUT2D eigenvalue weighted by Crippen LogP contribution is 2.21. The first-order chi connectivity index (χ1) is 11.0. The Kier molecular flexibility index (Phi) is 4.90. The number of nitrogens with one attached hydrogen (secondary N) is 1. The van der Waals surface area contributed by atoms with Crippen molar-refractivity contribution in [2.24, 2.45) is 0 Å². The predicted octanol–water partition coefficient (Wildman–Crippen LogP) is 3.18. The standard InChI is InChI=1S/C14H12BrN3O3S2/c15-11-4-1-3-10(7-11)9-23(19,20)16-8-13-17-14(18-21-13)12-5-2-6-22-12/h1-7,16H,8-9H2. The van der Waals surface area contributed by atoms with Gasteiger partial charge in [0.15, 0.2) is 0 Å². The molecule has 0 unspecified atom stereocenters. The van der Waals surface area contributed by atoms with E-state index in [-0.39, 0.29) is 18.2 Å². The van der Waals surface area contributed by atoms with Gasteiger partial charge in [-0.05, 0) is 29.1 Å². The molecular formula is C14H12BrN3O3S2. The van der Waals surface area contributed by atoms with Gasteiger partial charge in [-0.3, -0.25) is 0 Å². The molecule has 120 valence electrons. The Morgan fingerprint density at radius 3 is 2.87 bits per heavy atom. The van der Waals surface area contributed by atoms with Gasteiger partial charge in [0.1, 0.15) is 0 Å². The molecule has 0 saturated carbocycles. The molecule has 3 aromatic rings. The molecule has 0 aliphatic carbocycles. The van der Waals surface area contributed by atoms with Crippen LogP contribution < -0.4 is 4.72 Å². The smallest absolute Gasteiger partial charge is 0.242 e. The van der Waals surface area contributed by atoms with Crippen LogP contribution in [0.15, 0.2) is 50.8 Å². The molecular weight excluding hydrogens is 402 g/mol. The Morgan fingerprint density at radius 2 is 2.13 bits per heavy atom. The lowest BCUT2D eigenvalue weighted by atomic mass is 10.2. The second kappa shape index (κ2) is 6.91. The van der Waals surface area contributed by atoms with Crippen LogP contribution >= 0.6 is 27.3 Å². The molecule has 0 radical (unpaired) electrons. The van der Waals surface area contributed by atoms with Gasteiger partial charge in [0.25, 0.3) is 0 Å². The number of hydrogen-bond donors (Lipinski definition) is 1. The van der Waals surface area contributed by atoms with Gasteiger partial charge in [0.05, 0.1) is 17.2 Å². The summed E-state index contributed by atoms with van der Waals surface area (Å²) in [6, 6.07) is 10.9. The van der Waals surface area contributed by atoms with E-state index in [1.807, 2.05) is 23.6 Å². The molecule has 0 bridgehead atoms. The van der Waals surface area contributed by atoms with Gasteiger partial charge in [0, 0.05) is 4.47 Å². The molecule has 6 nitrogen and oxygen atoms in total. The molecule has 0 aliphatic rings. The number of rotatable bonds is 6. The second-order valence-corrected chi connectivity index (χ2v) is 8.37. The Balaban J connectivity index is 1.63. The molecule has 2 aromatic heterocycles. The maximum Gasteiger partial charge on any atom is 0.242 e. The zero-order chi connectivity index (χ0) is 16.3. The third-order valence-electron chi connectivity index (χ3n) is 2.90. The van der Waals surface area contributed by atoms with Crippen LogP contribution in [0.4, 0.5) is 0 Å². The van der Waals surface area contributed by atoms with E-state index < -0.39 is 10.0 Å². The lowest BCUT2D eigenvalue weighted by molar-refractivity contribution is 0.376. The number of nitrogens with zero attached hydrogens (tertiary/aromatic N) is 2. The molecule has 9 heteroatoms. The summed E-state index contributed by atoms with van der Waals surface area (Å²) in [5.74, 6) is 0.575. The molecule has 1 aromatic carbocycles. The SMILES string of the molecule is O=S(=O)(Cc1cccc(Br)c1)NCc1nc(-c2cccs2)no1. The van der Waals surface area contributed by atoms with Crippen molar-refractivity contribution >= 4 is 37.3 Å². The Hall–Kier alpha value is -1.55. The van der Waals surface area contributed by atoms with E-state index in [2.05, 4.69) is 30.8 Å². The molecule has 0 aliphatic heterocycles. The van der Waals surface area contributed by atoms with Gasteiger partial charge in [-0.1, -0.05) is 39.3 Å². The fourth-order valence-corrected chi connectivity index (χ4v) is 4.06. The summed E-state index contributed by atoms with van der Waals surface area (Å²) >= 11 is 4.81. The van der Waals surface area contributed by atoms with E-state index in [9.17, 15) is 8.42 Å². The van der Waals surface area contributed by atoms with Crippen molar-refractivity contribution in [1.29, 1.82) is 0 Å². The van der Waals surface area contributed by atoms with Crippen LogP contribution in [0.2, 0.25) is 0 Å². The summed E-state index contributed by atoms with van der Waals surface area (Å²) < 4.78 is 32.6. The summed E-state index contributed by atoms with van der Waals surface area (Å²) in [6.45, 7) is -0.0330. The van der Waals surface area contributed by atoms with Crippen LogP contribution in [0.3, 0.4) is 0 Å². The lowest BCUT2D eigenvalue weighted by Crippen LogP contribution is -2.24. The van der Waals surface area contributed by atoms with Crippen molar-refractivity contribution in [3.8, 4) is 10.7 Å². The topological polar surface area (TPSA) is 85.1 Å². The first-order valence-corrected chi connectivity index (χ1v) is 9.92. The van der Waals surface area contributed by atoms with Crippen LogP contribution in [0.25, 0.3) is 10.7 Å². The maximum absolute atomic E-state index is 12.1. The minimum Gasteiger partial charge on any atom is -0.337 e. The van der Waals surface area contributed by atoms with Crippen LogP contribution in [0, 0.1) is 0 Å². The van der Waals surface area contributed by atoms with E-state index in [0.717, 1.165) is 9.35 Å². The lowest BCUT2D eigenvalue weighted by Gasteiger charge is -2.05. The summed E-state index contributed by atoms with van der Waals surface area (Å²) in [6.07, 6.45) is 0. The first kappa shape index (κ1) is 16.3. The Labute approximate surface area is 145 Å². The molecule has 2 heterocycles. The highest BCUT2D eigenvalue weighted by atomic mass is 79.9. The number of sulfonamides is 1. The van der Waals surface area contributed by atoms with Gasteiger partial charge in [0.2, 0.25) is 21.7 Å². The van der Waals surface area contributed by atoms with Crippen LogP contribution in [0.1, 0.15) is 11.5 Å². The quantitative estimate of drug-likeness (QED) is 0.670. The molecule has 0 spiro atoms. The molecule has 0 fully saturated rings. The van der Waals surface area contributed by atoms with Crippen molar-refractivity contribution < 1.29 is 12.9 Å². The molecule has 3 rings (SSSR count). The fourth-order valence-electron chi connectivity index (χ4n) is 1.90. The third kappa shape index (κ3) is 4.47. The average Bonchev–Trinajstić information content (AvgIpc) is 3.16. The van der Waals surface area contributed by atoms with Gasteiger partial charge < -0.3 is 4.52 Å². The monoisotopic (exact) mass is 413 g/mol. The molecule has 0 amide bonds. The molecule has 0 saturated heterocycles. The summed E-state index contributed by atoms with van der Waals surface area (Å²) in [7, 11) is -3.49. The zero-order valence-corrected chi connectivity index (χ0v) is 15.0. The van der Waals surface area contributed by atoms with Crippen molar-refractivity contribution in [2.75, 3.05) is 0 Å². The van der Waals surface area contributed by atoms with Crippen molar-refractivity contribution in [3.63, 3.8) is 0 Å². The summed E-state index contributed by atoms with van der Waals surface area (Å²) in [5, 5.41) is 5.75. The van der Waals surface area contributed by atoms with Gasteiger partial charge in [-0.2, -0.15) is 4.98 Å². The van der Waals surface area contributed by atoms with Crippen molar-refractivity contribution in [3.05, 3.63) is 57.7 Å². The van der Waals surface area contributed by atoms with Gasteiger partial charge >= 0.3 is 0 Å². The Morgan fingerprint density at radius 1 is 1.26 bits per heavy atom. The van der Waals surface area contributed by atoms with Crippen LogP contribution in [-0.2, 0) is 22.3 Å². The highest BCUT2D eigenvalue weighted by Gasteiger charge is 2.15. The second-order valence-electron chi connectivity index (χ2n) is 4.70. The van der Waals surface area contributed by atoms with E-state index in [0.29, 0.717) is 11.4 Å². The molecule has 1 N–H and O–H groups in total. The number of thiophene rings is 1. The van der Waals surface area contributed by atoms with Gasteiger partial charge in [-0.15, -0.1) is 11.3 Å². The van der Waals surface area contributed by atoms with E-state index in [1.54, 1.807) is 18.2 Å². The van der Waals surface area contributed by atoms with Crippen LogP contribution in [0.5, 0.6) is 0 Å². The zero-order valence-electron chi connectivity index (χ0n) is 11.8. The van der Waals surface area contributed by atoms with Crippen molar-refractivity contribution in [2.45, 2.75) is 12.3 Å². The number of halogens is 1. The Bertz CT molecular complexity index is 892. The minimum atomic E-state index is -3.49. The number of aromatic nitrogens is 2. The highest BCUT2D eigenvalue weighted by molar-refractivity contribution is 9.10. The average molecular weight is 414 g/mol. The van der Waals surface area contributed by atoms with E-state index in [4.69, 9.17) is 4.52 Å². The van der Waals surface area contributed by atoms with Gasteiger partial charge in [-0.25, -0.2) is 13.1 Å². The number of hydrogen-bond acceptors (Lipinski definition) is 6. The first-order valence-electron chi connectivity index (χ1n) is 6.60. The predicted molar refractivity (Wildman–Crippen MR) is 91.2 cm³/mol. The minimum absolute atomic E-state index is 0.0330. The third-order valence-corrected chi connectivity index (χ3v) is 5.56. The molecule has 23 heavy (non-hydrogen) atoms. The van der Waals surface area contributed by atoms with E-state index in [1.165, 1.54) is 11.3 Å². The summed E-state index contributed by atoms with van der Waals surface area (Å²) in [5.41, 5.74) is 0.691. The maximum atomic E-state index is 12.1. The van der Waals surface area contributed by atoms with Crippen LogP contribution in [-0.4, -0.2) is 18.6 Å².